The van der Waals surface area contributed by atoms with E-state index in [0.29, 0.717) is 4.47 Å². The lowest BCUT2D eigenvalue weighted by Crippen LogP contribution is -2.28. The minimum atomic E-state index is -4.01. The molecule has 0 N–H and O–H groups in total. The smallest absolute Gasteiger partial charge is 0.265 e. The molecule has 110 valence electrons. The maximum absolute atomic E-state index is 12.3. The van der Waals surface area contributed by atoms with Crippen LogP contribution in [-0.2, 0) is 9.05 Å². The third kappa shape index (κ3) is 3.10. The molecule has 1 fully saturated rings. The van der Waals surface area contributed by atoms with Crippen molar-refractivity contribution in [1.82, 2.24) is 4.90 Å². The molecule has 0 aromatic heterocycles. The van der Waals surface area contributed by atoms with Gasteiger partial charge in [0, 0.05) is 29.3 Å². The molecule has 1 aliphatic rings. The van der Waals surface area contributed by atoms with Crippen LogP contribution in [0.25, 0.3) is 0 Å². The molecule has 0 aliphatic heterocycles. The van der Waals surface area contributed by atoms with E-state index in [-0.39, 0.29) is 28.2 Å². The zero-order chi connectivity index (χ0) is 15.1. The standard InChI is InChI=1S/C12H13BrClNO4S/c1-15(8-3-4-8)12(16)7-5-9(13)11(19-2)10(6-7)20(14,17)18/h5-6,8H,3-4H2,1-2H3. The Morgan fingerprint density at radius 2 is 2.05 bits per heavy atom. The molecule has 0 heterocycles. The maximum Gasteiger partial charge on any atom is 0.265 e. The zero-order valence-electron chi connectivity index (χ0n) is 10.9. The van der Waals surface area contributed by atoms with E-state index in [0.717, 1.165) is 12.8 Å². The summed E-state index contributed by atoms with van der Waals surface area (Å²) in [6.45, 7) is 0. The van der Waals surface area contributed by atoms with E-state index in [9.17, 15) is 13.2 Å². The van der Waals surface area contributed by atoms with Crippen molar-refractivity contribution >= 4 is 41.6 Å². The lowest BCUT2D eigenvalue weighted by molar-refractivity contribution is 0.0784. The normalized spacial score (nSPS) is 15.0. The Morgan fingerprint density at radius 3 is 2.50 bits per heavy atom. The van der Waals surface area contributed by atoms with Crippen molar-refractivity contribution in [2.24, 2.45) is 0 Å². The molecule has 1 aromatic rings. The van der Waals surface area contributed by atoms with E-state index in [4.69, 9.17) is 15.4 Å². The number of halogens is 2. The van der Waals surface area contributed by atoms with Crippen molar-refractivity contribution in [1.29, 1.82) is 0 Å². The molecule has 0 radical (unpaired) electrons. The van der Waals surface area contributed by atoms with Crippen LogP contribution in [0.3, 0.4) is 0 Å². The molecule has 0 saturated heterocycles. The van der Waals surface area contributed by atoms with Crippen LogP contribution in [0.4, 0.5) is 0 Å². The topological polar surface area (TPSA) is 63.7 Å². The second-order valence-corrected chi connectivity index (χ2v) is 7.96. The van der Waals surface area contributed by atoms with E-state index in [1.807, 2.05) is 0 Å². The van der Waals surface area contributed by atoms with Gasteiger partial charge in [-0.05, 0) is 40.9 Å². The maximum atomic E-state index is 12.3. The summed E-state index contributed by atoms with van der Waals surface area (Å²) in [4.78, 5) is 13.7. The predicted molar refractivity (Wildman–Crippen MR) is 78.8 cm³/mol. The van der Waals surface area contributed by atoms with Crippen LogP contribution in [0, 0.1) is 0 Å². The molecule has 0 bridgehead atoms. The minimum Gasteiger partial charge on any atom is -0.494 e. The molecular weight excluding hydrogens is 370 g/mol. The molecule has 1 aliphatic carbocycles. The summed E-state index contributed by atoms with van der Waals surface area (Å²) in [5.74, 6) is -0.150. The van der Waals surface area contributed by atoms with Gasteiger partial charge in [-0.1, -0.05) is 0 Å². The van der Waals surface area contributed by atoms with Gasteiger partial charge in [0.1, 0.15) is 4.90 Å². The number of amides is 1. The summed E-state index contributed by atoms with van der Waals surface area (Å²) in [6.07, 6.45) is 1.94. The van der Waals surface area contributed by atoms with Crippen molar-refractivity contribution in [3.63, 3.8) is 0 Å². The van der Waals surface area contributed by atoms with Crippen molar-refractivity contribution in [2.45, 2.75) is 23.8 Å². The summed E-state index contributed by atoms with van der Waals surface area (Å²) in [6, 6.07) is 3.01. The fourth-order valence-electron chi connectivity index (χ4n) is 1.90. The van der Waals surface area contributed by atoms with E-state index in [1.165, 1.54) is 19.2 Å². The third-order valence-corrected chi connectivity index (χ3v) is 5.05. The molecule has 1 aromatic carbocycles. The van der Waals surface area contributed by atoms with Gasteiger partial charge < -0.3 is 9.64 Å². The Balaban J connectivity index is 2.50. The lowest BCUT2D eigenvalue weighted by Gasteiger charge is -2.17. The van der Waals surface area contributed by atoms with Gasteiger partial charge in [0.25, 0.3) is 15.0 Å². The summed E-state index contributed by atoms with van der Waals surface area (Å²) in [5, 5.41) is 0. The molecule has 1 amide bonds. The Labute approximate surface area is 130 Å². The first kappa shape index (κ1) is 15.6. The highest BCUT2D eigenvalue weighted by atomic mass is 79.9. The van der Waals surface area contributed by atoms with Gasteiger partial charge in [0.05, 0.1) is 11.6 Å². The second-order valence-electron chi connectivity index (χ2n) is 4.57. The van der Waals surface area contributed by atoms with E-state index in [1.54, 1.807) is 11.9 Å². The number of hydrogen-bond acceptors (Lipinski definition) is 4. The van der Waals surface area contributed by atoms with Crippen LogP contribution in [0.1, 0.15) is 23.2 Å². The molecule has 0 atom stereocenters. The van der Waals surface area contributed by atoms with E-state index < -0.39 is 9.05 Å². The number of nitrogens with zero attached hydrogens (tertiary/aromatic N) is 1. The van der Waals surface area contributed by atoms with E-state index in [2.05, 4.69) is 15.9 Å². The van der Waals surface area contributed by atoms with Crippen LogP contribution in [0.5, 0.6) is 5.75 Å². The average Bonchev–Trinajstić information content (AvgIpc) is 3.19. The van der Waals surface area contributed by atoms with Crippen LogP contribution in [0.15, 0.2) is 21.5 Å². The highest BCUT2D eigenvalue weighted by Gasteiger charge is 2.31. The van der Waals surface area contributed by atoms with Gasteiger partial charge in [0.2, 0.25) is 0 Å². The fourth-order valence-corrected chi connectivity index (χ4v) is 3.68. The number of hydrogen-bond donors (Lipinski definition) is 0. The predicted octanol–water partition coefficient (Wildman–Crippen LogP) is 2.62. The molecule has 2 rings (SSSR count). The Morgan fingerprint density at radius 1 is 1.45 bits per heavy atom. The Hall–Kier alpha value is -0.790. The highest BCUT2D eigenvalue weighted by molar-refractivity contribution is 9.10. The number of carbonyl (C=O) groups excluding carboxylic acids is 1. The molecule has 0 spiro atoms. The number of ether oxygens (including phenoxy) is 1. The average molecular weight is 383 g/mol. The van der Waals surface area contributed by atoms with Crippen molar-refractivity contribution in [3.05, 3.63) is 22.2 Å². The van der Waals surface area contributed by atoms with Gasteiger partial charge in [-0.15, -0.1) is 0 Å². The molecule has 0 unspecified atom stereocenters. The largest absolute Gasteiger partial charge is 0.494 e. The van der Waals surface area contributed by atoms with E-state index >= 15 is 0 Å². The number of rotatable bonds is 4. The molecule has 5 nitrogen and oxygen atoms in total. The van der Waals surface area contributed by atoms with Crippen LogP contribution < -0.4 is 4.74 Å². The van der Waals surface area contributed by atoms with Crippen molar-refractivity contribution < 1.29 is 17.9 Å². The molecule has 8 heteroatoms. The van der Waals surface area contributed by atoms with Crippen LogP contribution in [0.2, 0.25) is 0 Å². The van der Waals surface area contributed by atoms with Crippen LogP contribution >= 0.6 is 26.6 Å². The van der Waals surface area contributed by atoms with Gasteiger partial charge >= 0.3 is 0 Å². The Bertz CT molecular complexity index is 658. The quantitative estimate of drug-likeness (QED) is 0.751. The number of carbonyl (C=O) groups is 1. The monoisotopic (exact) mass is 381 g/mol. The first-order chi connectivity index (χ1) is 9.25. The second kappa shape index (κ2) is 5.54. The third-order valence-electron chi connectivity index (χ3n) is 3.14. The lowest BCUT2D eigenvalue weighted by atomic mass is 10.2. The Kier molecular flexibility index (Phi) is 4.32. The highest BCUT2D eigenvalue weighted by Crippen LogP contribution is 2.36. The molecule has 20 heavy (non-hydrogen) atoms. The SMILES string of the molecule is COc1c(Br)cc(C(=O)N(C)C2CC2)cc1S(=O)(=O)Cl. The van der Waals surface area contributed by atoms with Crippen molar-refractivity contribution in [3.8, 4) is 5.75 Å². The first-order valence-corrected chi connectivity index (χ1v) is 8.95. The van der Waals surface area contributed by atoms with Gasteiger partial charge in [0.15, 0.2) is 5.75 Å². The van der Waals surface area contributed by atoms with Crippen molar-refractivity contribution in [2.75, 3.05) is 14.2 Å². The summed E-state index contributed by atoms with van der Waals surface area (Å²) in [7, 11) is 4.42. The number of benzene rings is 1. The minimum absolute atomic E-state index is 0.0885. The molecular formula is C12H13BrClNO4S. The number of methoxy groups -OCH3 is 1. The summed E-state index contributed by atoms with van der Waals surface area (Å²) >= 11 is 3.20. The zero-order valence-corrected chi connectivity index (χ0v) is 14.0. The van der Waals surface area contributed by atoms with Gasteiger partial charge in [-0.3, -0.25) is 4.79 Å². The summed E-state index contributed by atoms with van der Waals surface area (Å²) in [5.41, 5.74) is 0.256. The molecule has 1 saturated carbocycles. The van der Waals surface area contributed by atoms with Gasteiger partial charge in [-0.2, -0.15) is 0 Å². The van der Waals surface area contributed by atoms with Gasteiger partial charge in [-0.25, -0.2) is 8.42 Å². The fraction of sp³-hybridized carbons (Fsp3) is 0.417. The van der Waals surface area contributed by atoms with Crippen LogP contribution in [-0.4, -0.2) is 39.4 Å². The summed E-state index contributed by atoms with van der Waals surface area (Å²) < 4.78 is 28.6. The first-order valence-electron chi connectivity index (χ1n) is 5.85.